The number of hydrogen-bond acceptors (Lipinski definition) is 0. The van der Waals surface area contributed by atoms with Gasteiger partial charge in [-0.1, -0.05) is 35.6 Å². The first-order valence-corrected chi connectivity index (χ1v) is 5.85. The van der Waals surface area contributed by atoms with E-state index in [1.54, 1.807) is 5.57 Å². The van der Waals surface area contributed by atoms with Crippen LogP contribution in [0.3, 0.4) is 0 Å². The minimum atomic E-state index is 0.920. The van der Waals surface area contributed by atoms with E-state index < -0.39 is 0 Å². The van der Waals surface area contributed by atoms with Crippen LogP contribution in [0.2, 0.25) is 0 Å². The minimum absolute atomic E-state index is 0.920. The van der Waals surface area contributed by atoms with Crippen LogP contribution >= 0.6 is 0 Å². The maximum absolute atomic E-state index is 2.56. The first-order chi connectivity index (χ1) is 6.45. The zero-order chi connectivity index (χ0) is 8.67. The van der Waals surface area contributed by atoms with Crippen molar-refractivity contribution in [3.63, 3.8) is 0 Å². The Labute approximate surface area is 80.7 Å². The van der Waals surface area contributed by atoms with Crippen LogP contribution < -0.4 is 0 Å². The number of hydrogen-bond donors (Lipinski definition) is 0. The third-order valence-electron chi connectivity index (χ3n) is 4.04. The molecule has 1 unspecified atom stereocenters. The van der Waals surface area contributed by atoms with Crippen LogP contribution in [0.15, 0.2) is 22.8 Å². The standard InChI is InChI=1S/C13H18/c1-2-4-6-12-10(5-3-1)9-11-7-8-13(11)12/h5,12H,1-4,6-9H2. The summed E-state index contributed by atoms with van der Waals surface area (Å²) in [6, 6.07) is 0. The van der Waals surface area contributed by atoms with E-state index >= 15 is 0 Å². The molecule has 70 valence electrons. The molecule has 0 nitrogen and oxygen atoms in total. The Kier molecular flexibility index (Phi) is 1.81. The molecule has 0 aromatic heterocycles. The third kappa shape index (κ3) is 1.19. The summed E-state index contributed by atoms with van der Waals surface area (Å²) in [5, 5.41) is 0. The van der Waals surface area contributed by atoms with E-state index in [1.807, 2.05) is 11.1 Å². The molecule has 13 heavy (non-hydrogen) atoms. The monoisotopic (exact) mass is 174 g/mol. The fraction of sp³-hybridized carbons (Fsp3) is 0.692. The van der Waals surface area contributed by atoms with Gasteiger partial charge in [0.15, 0.2) is 0 Å². The van der Waals surface area contributed by atoms with E-state index in [0.29, 0.717) is 0 Å². The Morgan fingerprint density at radius 2 is 2.08 bits per heavy atom. The zero-order valence-corrected chi connectivity index (χ0v) is 8.31. The number of fused-ring (bicyclic) bond motifs is 2. The van der Waals surface area contributed by atoms with E-state index in [4.69, 9.17) is 0 Å². The summed E-state index contributed by atoms with van der Waals surface area (Å²) in [6.07, 6.45) is 13.9. The van der Waals surface area contributed by atoms with Crippen molar-refractivity contribution in [2.75, 3.05) is 0 Å². The van der Waals surface area contributed by atoms with Gasteiger partial charge in [-0.25, -0.2) is 0 Å². The molecule has 0 bridgehead atoms. The smallest absolute Gasteiger partial charge is 0.00130 e. The molecule has 0 N–H and O–H groups in total. The summed E-state index contributed by atoms with van der Waals surface area (Å²) in [4.78, 5) is 0. The molecule has 0 heterocycles. The second kappa shape index (κ2) is 3.01. The zero-order valence-electron chi connectivity index (χ0n) is 8.31. The van der Waals surface area contributed by atoms with Gasteiger partial charge in [0.2, 0.25) is 0 Å². The summed E-state index contributed by atoms with van der Waals surface area (Å²) in [5.74, 6) is 0.920. The van der Waals surface area contributed by atoms with Gasteiger partial charge in [0.05, 0.1) is 0 Å². The molecule has 0 saturated heterocycles. The third-order valence-corrected chi connectivity index (χ3v) is 4.04. The Balaban J connectivity index is 1.88. The summed E-state index contributed by atoms with van der Waals surface area (Å²) in [5.41, 5.74) is 5.47. The highest BCUT2D eigenvalue weighted by Gasteiger charge is 2.33. The van der Waals surface area contributed by atoms with Crippen molar-refractivity contribution >= 4 is 0 Å². The summed E-state index contributed by atoms with van der Waals surface area (Å²) in [7, 11) is 0. The van der Waals surface area contributed by atoms with Gasteiger partial charge in [0.25, 0.3) is 0 Å². The van der Waals surface area contributed by atoms with Crippen LogP contribution in [0.1, 0.15) is 51.4 Å². The fourth-order valence-corrected chi connectivity index (χ4v) is 3.19. The van der Waals surface area contributed by atoms with Crippen LogP contribution in [0.25, 0.3) is 0 Å². The second-order valence-electron chi connectivity index (χ2n) is 4.78. The molecule has 0 fully saturated rings. The fourth-order valence-electron chi connectivity index (χ4n) is 3.19. The van der Waals surface area contributed by atoms with E-state index in [9.17, 15) is 0 Å². The predicted octanol–water partition coefficient (Wildman–Crippen LogP) is 3.99. The Morgan fingerprint density at radius 1 is 1.08 bits per heavy atom. The van der Waals surface area contributed by atoms with Gasteiger partial charge < -0.3 is 0 Å². The first kappa shape index (κ1) is 7.84. The molecule has 0 saturated carbocycles. The van der Waals surface area contributed by atoms with E-state index in [0.717, 1.165) is 5.92 Å². The van der Waals surface area contributed by atoms with Crippen molar-refractivity contribution in [2.24, 2.45) is 5.92 Å². The van der Waals surface area contributed by atoms with Gasteiger partial charge in [-0.3, -0.25) is 0 Å². The highest BCUT2D eigenvalue weighted by molar-refractivity contribution is 5.43. The highest BCUT2D eigenvalue weighted by Crippen LogP contribution is 2.50. The molecule has 3 aliphatic rings. The quantitative estimate of drug-likeness (QED) is 0.487. The maximum atomic E-state index is 2.56. The first-order valence-electron chi connectivity index (χ1n) is 5.85. The molecule has 0 amide bonds. The van der Waals surface area contributed by atoms with Crippen molar-refractivity contribution in [1.29, 1.82) is 0 Å². The van der Waals surface area contributed by atoms with E-state index in [1.165, 1.54) is 51.4 Å². The lowest BCUT2D eigenvalue weighted by Gasteiger charge is -2.23. The summed E-state index contributed by atoms with van der Waals surface area (Å²) < 4.78 is 0. The molecular formula is C13H18. The lowest BCUT2D eigenvalue weighted by atomic mass is 9.82. The molecule has 0 aromatic carbocycles. The summed E-state index contributed by atoms with van der Waals surface area (Å²) >= 11 is 0. The van der Waals surface area contributed by atoms with Crippen LogP contribution in [-0.4, -0.2) is 0 Å². The Bertz CT molecular complexity index is 280. The van der Waals surface area contributed by atoms with Gasteiger partial charge in [0.1, 0.15) is 0 Å². The molecule has 0 spiro atoms. The molecule has 0 radical (unpaired) electrons. The topological polar surface area (TPSA) is 0 Å². The van der Waals surface area contributed by atoms with Crippen molar-refractivity contribution in [2.45, 2.75) is 51.4 Å². The maximum Gasteiger partial charge on any atom is 0.00130 e. The van der Waals surface area contributed by atoms with Crippen LogP contribution in [0.5, 0.6) is 0 Å². The minimum Gasteiger partial charge on any atom is -0.0844 e. The van der Waals surface area contributed by atoms with Gasteiger partial charge in [-0.2, -0.15) is 0 Å². The predicted molar refractivity (Wildman–Crippen MR) is 55.5 cm³/mol. The lowest BCUT2D eigenvalue weighted by Crippen LogP contribution is -2.07. The number of allylic oxidation sites excluding steroid dienone is 4. The van der Waals surface area contributed by atoms with Crippen LogP contribution in [0.4, 0.5) is 0 Å². The van der Waals surface area contributed by atoms with Crippen molar-refractivity contribution in [1.82, 2.24) is 0 Å². The highest BCUT2D eigenvalue weighted by atomic mass is 14.4. The van der Waals surface area contributed by atoms with Gasteiger partial charge in [-0.05, 0) is 38.5 Å². The Hall–Kier alpha value is -0.520. The van der Waals surface area contributed by atoms with Crippen molar-refractivity contribution in [3.05, 3.63) is 22.8 Å². The molecule has 0 heteroatoms. The van der Waals surface area contributed by atoms with Gasteiger partial charge in [-0.15, -0.1) is 0 Å². The van der Waals surface area contributed by atoms with Crippen molar-refractivity contribution < 1.29 is 0 Å². The van der Waals surface area contributed by atoms with Crippen LogP contribution in [-0.2, 0) is 0 Å². The molecular weight excluding hydrogens is 156 g/mol. The second-order valence-corrected chi connectivity index (χ2v) is 4.78. The molecule has 3 rings (SSSR count). The SMILES string of the molecule is C1=C2CC3=C(CC3)C2CCCCC1. The average Bonchev–Trinajstić information content (AvgIpc) is 2.26. The largest absolute Gasteiger partial charge is 0.0844 e. The van der Waals surface area contributed by atoms with Gasteiger partial charge >= 0.3 is 0 Å². The average molecular weight is 174 g/mol. The molecule has 0 aromatic rings. The van der Waals surface area contributed by atoms with Crippen LogP contribution in [0, 0.1) is 5.92 Å². The molecule has 3 aliphatic carbocycles. The number of rotatable bonds is 0. The molecule has 0 aliphatic heterocycles. The van der Waals surface area contributed by atoms with Gasteiger partial charge in [0, 0.05) is 5.92 Å². The normalized spacial score (nSPS) is 32.6. The summed E-state index contributed by atoms with van der Waals surface area (Å²) in [6.45, 7) is 0. The van der Waals surface area contributed by atoms with Crippen molar-refractivity contribution in [3.8, 4) is 0 Å². The Morgan fingerprint density at radius 3 is 2.92 bits per heavy atom. The molecule has 1 atom stereocenters. The lowest BCUT2D eigenvalue weighted by molar-refractivity contribution is 0.537. The van der Waals surface area contributed by atoms with E-state index in [2.05, 4.69) is 6.08 Å². The van der Waals surface area contributed by atoms with E-state index in [-0.39, 0.29) is 0 Å².